The van der Waals surface area contributed by atoms with Crippen molar-refractivity contribution in [3.05, 3.63) is 33.8 Å². The molecule has 0 aromatic heterocycles. The van der Waals surface area contributed by atoms with Gasteiger partial charge in [0.1, 0.15) is 0 Å². The van der Waals surface area contributed by atoms with E-state index in [1.807, 2.05) is 0 Å². The minimum Gasteiger partial charge on any atom is -0.373 e. The fraction of sp³-hybridized carbons (Fsp3) is 0.429. The maximum Gasteiger partial charge on any atom is 0.251 e. The summed E-state index contributed by atoms with van der Waals surface area (Å²) in [5, 5.41) is 3.58. The van der Waals surface area contributed by atoms with Crippen molar-refractivity contribution in [1.82, 2.24) is 10.2 Å². The maximum absolute atomic E-state index is 12.0. The van der Waals surface area contributed by atoms with Crippen LogP contribution < -0.4 is 5.32 Å². The topological polar surface area (TPSA) is 58.6 Å². The molecule has 21 heavy (non-hydrogen) atoms. The van der Waals surface area contributed by atoms with Crippen molar-refractivity contribution in [2.45, 2.75) is 13.0 Å². The molecule has 1 heterocycles. The van der Waals surface area contributed by atoms with Crippen LogP contribution in [0.15, 0.2) is 18.2 Å². The summed E-state index contributed by atoms with van der Waals surface area (Å²) in [5.74, 6) is -0.265. The standard InChI is InChI=1S/C14H16Cl2N2O3/c1-9(19)18-2-3-21-13(8-18)7-17-14(20)10-4-11(15)6-12(16)5-10/h4-6,13H,2-3,7-8H2,1H3,(H,17,20)/t13-/m1/s1. The van der Waals surface area contributed by atoms with Gasteiger partial charge in [0.05, 0.1) is 12.7 Å². The van der Waals surface area contributed by atoms with E-state index in [4.69, 9.17) is 27.9 Å². The first kappa shape index (κ1) is 16.1. The van der Waals surface area contributed by atoms with E-state index in [1.54, 1.807) is 23.1 Å². The molecule has 1 aliphatic heterocycles. The van der Waals surface area contributed by atoms with E-state index >= 15 is 0 Å². The lowest BCUT2D eigenvalue weighted by atomic mass is 10.2. The van der Waals surface area contributed by atoms with Crippen LogP contribution in [0.1, 0.15) is 17.3 Å². The third kappa shape index (κ3) is 4.59. The van der Waals surface area contributed by atoms with Crippen LogP contribution in [0.5, 0.6) is 0 Å². The molecule has 2 amide bonds. The Labute approximate surface area is 133 Å². The fourth-order valence-electron chi connectivity index (χ4n) is 2.12. The Hall–Kier alpha value is -1.30. The van der Waals surface area contributed by atoms with Gasteiger partial charge in [-0.25, -0.2) is 0 Å². The third-order valence-corrected chi connectivity index (χ3v) is 3.64. The number of amides is 2. The number of carbonyl (C=O) groups excluding carboxylic acids is 2. The van der Waals surface area contributed by atoms with Gasteiger partial charge in [0, 0.05) is 42.2 Å². The van der Waals surface area contributed by atoms with Gasteiger partial charge >= 0.3 is 0 Å². The summed E-state index contributed by atoms with van der Waals surface area (Å²) in [6.07, 6.45) is -0.207. The molecular weight excluding hydrogens is 315 g/mol. The summed E-state index contributed by atoms with van der Waals surface area (Å²) >= 11 is 11.7. The van der Waals surface area contributed by atoms with E-state index in [1.165, 1.54) is 6.92 Å². The average Bonchev–Trinajstić information content (AvgIpc) is 2.44. The molecule has 1 aromatic rings. The van der Waals surface area contributed by atoms with Crippen molar-refractivity contribution in [2.24, 2.45) is 0 Å². The Kier molecular flexibility index (Phi) is 5.45. The van der Waals surface area contributed by atoms with Gasteiger partial charge in [0.25, 0.3) is 5.91 Å². The highest BCUT2D eigenvalue weighted by Crippen LogP contribution is 2.19. The molecule has 1 N–H and O–H groups in total. The third-order valence-electron chi connectivity index (χ3n) is 3.20. The van der Waals surface area contributed by atoms with Crippen LogP contribution in [0.25, 0.3) is 0 Å². The Morgan fingerprint density at radius 3 is 2.62 bits per heavy atom. The maximum atomic E-state index is 12.0. The first-order valence-corrected chi connectivity index (χ1v) is 7.32. The molecule has 0 saturated carbocycles. The molecule has 0 bridgehead atoms. The Morgan fingerprint density at radius 2 is 2.00 bits per heavy atom. The van der Waals surface area contributed by atoms with E-state index in [0.717, 1.165) is 0 Å². The lowest BCUT2D eigenvalue weighted by molar-refractivity contribution is -0.136. The Morgan fingerprint density at radius 1 is 1.33 bits per heavy atom. The zero-order valence-corrected chi connectivity index (χ0v) is 13.1. The summed E-state index contributed by atoms with van der Waals surface area (Å²) in [5.41, 5.74) is 0.395. The zero-order valence-electron chi connectivity index (χ0n) is 11.6. The number of hydrogen-bond acceptors (Lipinski definition) is 3. The quantitative estimate of drug-likeness (QED) is 0.921. The van der Waals surface area contributed by atoms with Crippen molar-refractivity contribution in [3.63, 3.8) is 0 Å². The molecule has 0 spiro atoms. The molecule has 1 fully saturated rings. The molecule has 7 heteroatoms. The van der Waals surface area contributed by atoms with Crippen LogP contribution >= 0.6 is 23.2 Å². The largest absolute Gasteiger partial charge is 0.373 e. The normalized spacial score (nSPS) is 18.4. The highest BCUT2D eigenvalue weighted by atomic mass is 35.5. The zero-order chi connectivity index (χ0) is 15.4. The van der Waals surface area contributed by atoms with Crippen LogP contribution in [0.4, 0.5) is 0 Å². The van der Waals surface area contributed by atoms with Crippen LogP contribution in [0.3, 0.4) is 0 Å². The summed E-state index contributed by atoms with van der Waals surface area (Å²) < 4.78 is 5.53. The van der Waals surface area contributed by atoms with E-state index in [-0.39, 0.29) is 17.9 Å². The van der Waals surface area contributed by atoms with Crippen LogP contribution in [0, 0.1) is 0 Å². The van der Waals surface area contributed by atoms with Crippen LogP contribution in [0.2, 0.25) is 10.0 Å². The summed E-state index contributed by atoms with van der Waals surface area (Å²) in [6.45, 7) is 3.39. The predicted molar refractivity (Wildman–Crippen MR) is 80.8 cm³/mol. The molecule has 5 nitrogen and oxygen atoms in total. The van der Waals surface area contributed by atoms with E-state index in [0.29, 0.717) is 41.8 Å². The number of halogens is 2. The van der Waals surface area contributed by atoms with E-state index in [9.17, 15) is 9.59 Å². The van der Waals surface area contributed by atoms with Crippen molar-refractivity contribution < 1.29 is 14.3 Å². The summed E-state index contributed by atoms with van der Waals surface area (Å²) in [6, 6.07) is 4.66. The molecule has 1 saturated heterocycles. The number of benzene rings is 1. The van der Waals surface area contributed by atoms with Crippen molar-refractivity contribution in [1.29, 1.82) is 0 Å². The summed E-state index contributed by atoms with van der Waals surface area (Å²) in [7, 11) is 0. The van der Waals surface area contributed by atoms with Crippen LogP contribution in [-0.4, -0.2) is 49.1 Å². The molecule has 1 atom stereocenters. The van der Waals surface area contributed by atoms with Crippen molar-refractivity contribution >= 4 is 35.0 Å². The van der Waals surface area contributed by atoms with E-state index < -0.39 is 0 Å². The van der Waals surface area contributed by atoms with Gasteiger partial charge in [-0.05, 0) is 18.2 Å². The second-order valence-corrected chi connectivity index (χ2v) is 5.70. The van der Waals surface area contributed by atoms with Gasteiger partial charge in [-0.2, -0.15) is 0 Å². The number of rotatable bonds is 3. The lowest BCUT2D eigenvalue weighted by Gasteiger charge is -2.32. The molecule has 0 aliphatic carbocycles. The second-order valence-electron chi connectivity index (χ2n) is 4.83. The summed E-state index contributed by atoms with van der Waals surface area (Å²) in [4.78, 5) is 25.1. The van der Waals surface area contributed by atoms with E-state index in [2.05, 4.69) is 5.32 Å². The minimum atomic E-state index is -0.275. The SMILES string of the molecule is CC(=O)N1CCO[C@H](CNC(=O)c2cc(Cl)cc(Cl)c2)C1. The number of nitrogens with one attached hydrogen (secondary N) is 1. The molecule has 0 unspecified atom stereocenters. The molecule has 1 aliphatic rings. The Balaban J connectivity index is 1.90. The molecule has 0 radical (unpaired) electrons. The number of ether oxygens (including phenoxy) is 1. The highest BCUT2D eigenvalue weighted by Gasteiger charge is 2.22. The van der Waals surface area contributed by atoms with Gasteiger partial charge in [-0.1, -0.05) is 23.2 Å². The van der Waals surface area contributed by atoms with Crippen molar-refractivity contribution in [2.75, 3.05) is 26.2 Å². The Bertz CT molecular complexity index is 531. The number of nitrogens with zero attached hydrogens (tertiary/aromatic N) is 1. The first-order valence-electron chi connectivity index (χ1n) is 6.57. The monoisotopic (exact) mass is 330 g/mol. The molecule has 2 rings (SSSR count). The number of carbonyl (C=O) groups is 2. The lowest BCUT2D eigenvalue weighted by Crippen LogP contribution is -2.49. The first-order chi connectivity index (χ1) is 9.95. The average molecular weight is 331 g/mol. The van der Waals surface area contributed by atoms with Gasteiger partial charge < -0.3 is 15.0 Å². The highest BCUT2D eigenvalue weighted by molar-refractivity contribution is 6.35. The van der Waals surface area contributed by atoms with Crippen LogP contribution in [-0.2, 0) is 9.53 Å². The van der Waals surface area contributed by atoms with Gasteiger partial charge in [-0.3, -0.25) is 9.59 Å². The minimum absolute atomic E-state index is 0.0104. The van der Waals surface area contributed by atoms with Gasteiger partial charge in [0.15, 0.2) is 0 Å². The fourth-order valence-corrected chi connectivity index (χ4v) is 2.65. The molecular formula is C14H16Cl2N2O3. The van der Waals surface area contributed by atoms with Gasteiger partial charge in [-0.15, -0.1) is 0 Å². The smallest absolute Gasteiger partial charge is 0.251 e. The molecule has 1 aromatic carbocycles. The van der Waals surface area contributed by atoms with Gasteiger partial charge in [0.2, 0.25) is 5.91 Å². The number of hydrogen-bond donors (Lipinski definition) is 1. The second kappa shape index (κ2) is 7.11. The van der Waals surface area contributed by atoms with Crippen molar-refractivity contribution in [3.8, 4) is 0 Å². The number of morpholine rings is 1. The molecule has 114 valence electrons. The predicted octanol–water partition coefficient (Wildman–Crippen LogP) is 1.97.